The van der Waals surface area contributed by atoms with E-state index in [0.717, 1.165) is 32.1 Å². The van der Waals surface area contributed by atoms with Gasteiger partial charge in [-0.25, -0.2) is 0 Å². The molecule has 8 aromatic rings. The summed E-state index contributed by atoms with van der Waals surface area (Å²) in [6.07, 6.45) is 22.2. The van der Waals surface area contributed by atoms with Crippen LogP contribution in [0.3, 0.4) is 0 Å². The quantitative estimate of drug-likeness (QED) is 0.170. The number of para-hydroxylation sites is 3. The first kappa shape index (κ1) is 31.2. The molecule has 3 aliphatic carbocycles. The van der Waals surface area contributed by atoms with Crippen LogP contribution >= 0.6 is 0 Å². The summed E-state index contributed by atoms with van der Waals surface area (Å²) in [5, 5.41) is 5.14. The second kappa shape index (κ2) is 12.6. The number of benzene rings is 6. The minimum absolute atomic E-state index is 0.324. The van der Waals surface area contributed by atoms with Gasteiger partial charge in [-0.2, -0.15) is 0 Å². The Bertz CT molecular complexity index is 2950. The molecule has 0 spiro atoms. The largest absolute Gasteiger partial charge is 0.310 e. The van der Waals surface area contributed by atoms with Crippen LogP contribution in [0.1, 0.15) is 43.6 Å². The van der Waals surface area contributed by atoms with Gasteiger partial charge in [-0.15, -0.1) is 0 Å². The molecule has 0 bridgehead atoms. The van der Waals surface area contributed by atoms with Gasteiger partial charge >= 0.3 is 0 Å². The van der Waals surface area contributed by atoms with Crippen LogP contribution < -0.4 is 0 Å². The Labute approximate surface area is 316 Å². The first-order chi connectivity index (χ1) is 26.8. The average Bonchev–Trinajstić information content (AvgIpc) is 3.76. The van der Waals surface area contributed by atoms with Gasteiger partial charge in [-0.05, 0) is 132 Å². The lowest BCUT2D eigenvalue weighted by Gasteiger charge is -2.24. The van der Waals surface area contributed by atoms with Crippen molar-refractivity contribution < 1.29 is 0 Å². The molecule has 0 fully saturated rings. The van der Waals surface area contributed by atoms with Gasteiger partial charge in [0.1, 0.15) is 0 Å². The zero-order valence-corrected chi connectivity index (χ0v) is 30.3. The van der Waals surface area contributed by atoms with Crippen LogP contribution in [0.2, 0.25) is 0 Å². The summed E-state index contributed by atoms with van der Waals surface area (Å²) in [7, 11) is 0. The van der Waals surface area contributed by atoms with E-state index in [0.29, 0.717) is 5.92 Å². The summed E-state index contributed by atoms with van der Waals surface area (Å²) < 4.78 is 4.85. The number of hydrogen-bond acceptors (Lipinski definition) is 0. The summed E-state index contributed by atoms with van der Waals surface area (Å²) in [4.78, 5) is 0. The van der Waals surface area contributed by atoms with E-state index in [4.69, 9.17) is 0 Å². The molecule has 258 valence electrons. The van der Waals surface area contributed by atoms with Crippen LogP contribution in [0.25, 0.3) is 77.2 Å². The molecule has 6 aromatic carbocycles. The first-order valence-corrected chi connectivity index (χ1v) is 19.5. The molecular weight excluding hydrogens is 653 g/mol. The van der Waals surface area contributed by atoms with Gasteiger partial charge < -0.3 is 9.13 Å². The van der Waals surface area contributed by atoms with Crippen LogP contribution in [0.4, 0.5) is 0 Å². The van der Waals surface area contributed by atoms with Gasteiger partial charge in [0.25, 0.3) is 0 Å². The first-order valence-electron chi connectivity index (χ1n) is 19.5. The Morgan fingerprint density at radius 1 is 0.463 bits per heavy atom. The van der Waals surface area contributed by atoms with Crippen molar-refractivity contribution >= 4 is 49.3 Å². The van der Waals surface area contributed by atoms with E-state index in [1.165, 1.54) is 94.0 Å². The average molecular weight is 693 g/mol. The van der Waals surface area contributed by atoms with Crippen molar-refractivity contribution in [3.8, 4) is 27.9 Å². The van der Waals surface area contributed by atoms with Crippen LogP contribution in [-0.2, 0) is 0 Å². The smallest absolute Gasteiger partial charge is 0.0541 e. The number of rotatable bonds is 5. The van der Waals surface area contributed by atoms with E-state index in [9.17, 15) is 0 Å². The van der Waals surface area contributed by atoms with Gasteiger partial charge in [0.2, 0.25) is 0 Å². The highest BCUT2D eigenvalue weighted by Crippen LogP contribution is 2.42. The van der Waals surface area contributed by atoms with Gasteiger partial charge in [0.15, 0.2) is 0 Å². The Hall–Kier alpha value is -6.38. The third-order valence-corrected chi connectivity index (χ3v) is 11.9. The second-order valence-electron chi connectivity index (χ2n) is 15.1. The molecule has 0 N–H and O–H groups in total. The minimum atomic E-state index is 0.324. The molecule has 11 rings (SSSR count). The molecule has 0 aliphatic heterocycles. The lowest BCUT2D eigenvalue weighted by Crippen LogP contribution is -2.05. The predicted molar refractivity (Wildman–Crippen MR) is 229 cm³/mol. The lowest BCUT2D eigenvalue weighted by atomic mass is 9.81. The van der Waals surface area contributed by atoms with Crippen molar-refractivity contribution in [1.82, 2.24) is 9.13 Å². The zero-order valence-electron chi connectivity index (χ0n) is 30.3. The molecule has 3 aliphatic rings. The molecule has 2 heteroatoms. The summed E-state index contributed by atoms with van der Waals surface area (Å²) in [5.41, 5.74) is 16.7. The fourth-order valence-electron chi connectivity index (χ4n) is 9.27. The van der Waals surface area contributed by atoms with E-state index >= 15 is 0 Å². The van der Waals surface area contributed by atoms with Crippen molar-refractivity contribution in [1.29, 1.82) is 0 Å². The van der Waals surface area contributed by atoms with Gasteiger partial charge in [0, 0.05) is 38.8 Å². The summed E-state index contributed by atoms with van der Waals surface area (Å²) in [6.45, 7) is 0. The molecular formula is C52H40N2. The maximum Gasteiger partial charge on any atom is 0.0541 e. The standard InChI is InChI=1S/C52H40N2/c1-3-15-43(16-4-1)53-49-21-11-9-19-45(49)47-33-38(25-27-51(47)53)41-30-40(37-24-23-35-13-7-8-14-36(35)29-37)31-42(32-41)39-26-28-52-48(34-39)46-20-10-12-22-50(46)54(52)44-17-5-2-6-18-44/h1,3-5,8-12,14-23,25-34,37H,2,6-7,13,24H2. The van der Waals surface area contributed by atoms with E-state index < -0.39 is 0 Å². The number of allylic oxidation sites excluding steroid dienone is 10. The highest BCUT2D eigenvalue weighted by atomic mass is 15.0. The third-order valence-electron chi connectivity index (χ3n) is 11.9. The van der Waals surface area contributed by atoms with E-state index in [1.807, 2.05) is 0 Å². The molecule has 1 unspecified atom stereocenters. The fraction of sp³-hybridized carbons (Fsp3) is 0.115. The van der Waals surface area contributed by atoms with Crippen molar-refractivity contribution in [2.75, 3.05) is 0 Å². The van der Waals surface area contributed by atoms with Gasteiger partial charge in [-0.1, -0.05) is 115 Å². The molecule has 1 atom stereocenters. The van der Waals surface area contributed by atoms with Gasteiger partial charge in [0.05, 0.1) is 22.1 Å². The fourth-order valence-corrected chi connectivity index (χ4v) is 9.27. The second-order valence-corrected chi connectivity index (χ2v) is 15.1. The molecule has 0 amide bonds. The number of fused-ring (bicyclic) bond motifs is 7. The normalized spacial score (nSPS) is 16.9. The van der Waals surface area contributed by atoms with Gasteiger partial charge in [-0.3, -0.25) is 0 Å². The van der Waals surface area contributed by atoms with Crippen molar-refractivity contribution in [2.24, 2.45) is 0 Å². The van der Waals surface area contributed by atoms with Crippen LogP contribution in [0, 0.1) is 0 Å². The molecule has 2 nitrogen and oxygen atoms in total. The van der Waals surface area contributed by atoms with Crippen LogP contribution in [-0.4, -0.2) is 9.13 Å². The molecule has 2 aromatic heterocycles. The number of nitrogens with zero attached hydrogens (tertiary/aromatic N) is 2. The number of hydrogen-bond donors (Lipinski definition) is 0. The molecule has 2 heterocycles. The Balaban J connectivity index is 1.10. The Morgan fingerprint density at radius 3 is 1.80 bits per heavy atom. The zero-order chi connectivity index (χ0) is 35.6. The maximum absolute atomic E-state index is 2.52. The minimum Gasteiger partial charge on any atom is -0.310 e. The van der Waals surface area contributed by atoms with Crippen molar-refractivity contribution in [2.45, 2.75) is 38.0 Å². The number of aromatic nitrogens is 2. The molecule has 0 radical (unpaired) electrons. The third kappa shape index (κ3) is 5.09. The Morgan fingerprint density at radius 2 is 1.09 bits per heavy atom. The lowest BCUT2D eigenvalue weighted by molar-refractivity contribution is 0.812. The summed E-state index contributed by atoms with van der Waals surface area (Å²) >= 11 is 0. The maximum atomic E-state index is 2.52. The van der Waals surface area contributed by atoms with Crippen molar-refractivity contribution in [3.05, 3.63) is 193 Å². The van der Waals surface area contributed by atoms with E-state index in [1.54, 1.807) is 0 Å². The molecule has 0 saturated heterocycles. The predicted octanol–water partition coefficient (Wildman–Crippen LogP) is 14.1. The van der Waals surface area contributed by atoms with Crippen molar-refractivity contribution in [3.63, 3.8) is 0 Å². The highest BCUT2D eigenvalue weighted by molar-refractivity contribution is 6.12. The highest BCUT2D eigenvalue weighted by Gasteiger charge is 2.21. The van der Waals surface area contributed by atoms with Crippen LogP contribution in [0.15, 0.2) is 187 Å². The van der Waals surface area contributed by atoms with E-state index in [-0.39, 0.29) is 0 Å². The molecule has 0 saturated carbocycles. The topological polar surface area (TPSA) is 9.86 Å². The summed E-state index contributed by atoms with van der Waals surface area (Å²) in [6, 6.07) is 50.0. The molecule has 54 heavy (non-hydrogen) atoms. The van der Waals surface area contributed by atoms with E-state index in [2.05, 4.69) is 185 Å². The Kier molecular flexibility index (Phi) is 7.30. The van der Waals surface area contributed by atoms with Crippen LogP contribution in [0.5, 0.6) is 0 Å². The SMILES string of the molecule is C1=CC(n2c3ccccc3c3cc(-c4cc(-c5ccc6c(c5)c5ccccc5n6-c5ccccc5)cc(C5C=C6C=CCCC6=CC5)c4)ccc32)=CCC1. The monoisotopic (exact) mass is 692 g/mol. The summed E-state index contributed by atoms with van der Waals surface area (Å²) in [5.74, 6) is 0.324.